The molecule has 0 bridgehead atoms. The van der Waals surface area contributed by atoms with E-state index in [2.05, 4.69) is 10.6 Å². The van der Waals surface area contributed by atoms with Crippen LogP contribution in [0.4, 0.5) is 10.1 Å². The Balaban J connectivity index is 1.64. The van der Waals surface area contributed by atoms with Gasteiger partial charge in [0.2, 0.25) is 0 Å². The van der Waals surface area contributed by atoms with Crippen molar-refractivity contribution in [3.63, 3.8) is 0 Å². The Morgan fingerprint density at radius 2 is 2.00 bits per heavy atom. The van der Waals surface area contributed by atoms with Crippen molar-refractivity contribution in [2.75, 3.05) is 44.7 Å². The Morgan fingerprint density at radius 1 is 1.23 bits per heavy atom. The summed E-state index contributed by atoms with van der Waals surface area (Å²) in [6.07, 6.45) is 0.800. The first kappa shape index (κ1) is 16.4. The van der Waals surface area contributed by atoms with Crippen molar-refractivity contribution in [2.24, 2.45) is 0 Å². The normalized spacial score (nSPS) is 15.3. The highest BCUT2D eigenvalue weighted by atomic mass is 19.1. The van der Waals surface area contributed by atoms with E-state index >= 15 is 0 Å². The van der Waals surface area contributed by atoms with E-state index in [1.54, 1.807) is 0 Å². The number of anilines is 1. The first-order valence-electron chi connectivity index (χ1n) is 7.41. The molecule has 2 rings (SSSR count). The van der Waals surface area contributed by atoms with Crippen LogP contribution >= 0.6 is 0 Å². The average molecular weight is 310 g/mol. The molecule has 6 nitrogen and oxygen atoms in total. The van der Waals surface area contributed by atoms with E-state index in [9.17, 15) is 14.0 Å². The molecule has 0 saturated carbocycles. The fourth-order valence-corrected chi connectivity index (χ4v) is 2.28. The second-order valence-electron chi connectivity index (χ2n) is 5.19. The molecule has 1 fully saturated rings. The van der Waals surface area contributed by atoms with E-state index in [0.29, 0.717) is 6.54 Å². The summed E-state index contributed by atoms with van der Waals surface area (Å²) in [7, 11) is 0. The Bertz CT molecular complexity index is 519. The van der Waals surface area contributed by atoms with Gasteiger partial charge < -0.3 is 20.3 Å². The van der Waals surface area contributed by atoms with Gasteiger partial charge in [0.05, 0.1) is 19.8 Å². The molecule has 1 aliphatic rings. The largest absolute Gasteiger partial charge is 0.370 e. The SMILES string of the molecule is O=C(NCCC[NH+]1CCOCC1)C(=O)Nc1cccc(F)c1. The molecular weight excluding hydrogens is 289 g/mol. The quantitative estimate of drug-likeness (QED) is 0.492. The van der Waals surface area contributed by atoms with Gasteiger partial charge in [-0.2, -0.15) is 0 Å². The van der Waals surface area contributed by atoms with E-state index in [-0.39, 0.29) is 5.69 Å². The number of hydrogen-bond acceptors (Lipinski definition) is 3. The van der Waals surface area contributed by atoms with Crippen LogP contribution in [0, 0.1) is 5.82 Å². The van der Waals surface area contributed by atoms with Gasteiger partial charge in [0.25, 0.3) is 0 Å². The number of halogens is 1. The number of hydrogen-bond donors (Lipinski definition) is 3. The minimum atomic E-state index is -0.788. The van der Waals surface area contributed by atoms with Crippen molar-refractivity contribution in [1.29, 1.82) is 0 Å². The number of amides is 2. The van der Waals surface area contributed by atoms with Gasteiger partial charge in [-0.05, 0) is 18.2 Å². The van der Waals surface area contributed by atoms with E-state index < -0.39 is 17.6 Å². The zero-order valence-corrected chi connectivity index (χ0v) is 12.4. The number of quaternary nitrogens is 1. The zero-order chi connectivity index (χ0) is 15.8. The van der Waals surface area contributed by atoms with Crippen LogP contribution in [0.5, 0.6) is 0 Å². The predicted molar refractivity (Wildman–Crippen MR) is 79.0 cm³/mol. The molecule has 7 heteroatoms. The van der Waals surface area contributed by atoms with Crippen LogP contribution in [0.2, 0.25) is 0 Å². The molecular formula is C15H21FN3O3+. The molecule has 0 spiro atoms. The van der Waals surface area contributed by atoms with E-state index in [1.165, 1.54) is 23.1 Å². The molecule has 22 heavy (non-hydrogen) atoms. The number of rotatable bonds is 5. The lowest BCUT2D eigenvalue weighted by Crippen LogP contribution is -3.14. The van der Waals surface area contributed by atoms with Crippen LogP contribution in [-0.2, 0) is 14.3 Å². The maximum absolute atomic E-state index is 13.0. The van der Waals surface area contributed by atoms with Gasteiger partial charge in [-0.15, -0.1) is 0 Å². The Hall–Kier alpha value is -1.99. The average Bonchev–Trinajstić information content (AvgIpc) is 2.52. The van der Waals surface area contributed by atoms with E-state index in [4.69, 9.17) is 4.74 Å². The standard InChI is InChI=1S/C15H20FN3O3/c16-12-3-1-4-13(11-12)18-15(21)14(20)17-5-2-6-19-7-9-22-10-8-19/h1,3-4,11H,2,5-10H2,(H,17,20)(H,18,21)/p+1. The van der Waals surface area contributed by atoms with Gasteiger partial charge in [-0.3, -0.25) is 9.59 Å². The molecule has 1 saturated heterocycles. The molecule has 1 heterocycles. The van der Waals surface area contributed by atoms with Crippen molar-refractivity contribution >= 4 is 17.5 Å². The summed E-state index contributed by atoms with van der Waals surface area (Å²) < 4.78 is 18.3. The van der Waals surface area contributed by atoms with Crippen LogP contribution in [-0.4, -0.2) is 51.2 Å². The molecule has 0 atom stereocenters. The molecule has 0 unspecified atom stereocenters. The molecule has 1 aliphatic heterocycles. The lowest BCUT2D eigenvalue weighted by molar-refractivity contribution is -0.908. The topological polar surface area (TPSA) is 71.9 Å². The molecule has 3 N–H and O–H groups in total. The molecule has 0 radical (unpaired) electrons. The number of ether oxygens (including phenoxy) is 1. The smallest absolute Gasteiger partial charge is 0.313 e. The van der Waals surface area contributed by atoms with E-state index in [1.807, 2.05) is 0 Å². The van der Waals surface area contributed by atoms with Crippen molar-refractivity contribution in [2.45, 2.75) is 6.42 Å². The monoisotopic (exact) mass is 310 g/mol. The van der Waals surface area contributed by atoms with Crippen molar-refractivity contribution in [1.82, 2.24) is 5.32 Å². The van der Waals surface area contributed by atoms with Crippen LogP contribution in [0.15, 0.2) is 24.3 Å². The lowest BCUT2D eigenvalue weighted by atomic mass is 10.3. The van der Waals surface area contributed by atoms with Gasteiger partial charge in [0.15, 0.2) is 0 Å². The van der Waals surface area contributed by atoms with Gasteiger partial charge >= 0.3 is 11.8 Å². The number of morpholine rings is 1. The van der Waals surface area contributed by atoms with Crippen molar-refractivity contribution in [3.8, 4) is 0 Å². The molecule has 120 valence electrons. The number of carbonyl (C=O) groups is 2. The van der Waals surface area contributed by atoms with Crippen LogP contribution in [0.25, 0.3) is 0 Å². The Kier molecular flexibility index (Phi) is 6.29. The van der Waals surface area contributed by atoms with Gasteiger partial charge in [0.1, 0.15) is 18.9 Å². The summed E-state index contributed by atoms with van der Waals surface area (Å²) >= 11 is 0. The zero-order valence-electron chi connectivity index (χ0n) is 12.4. The summed E-state index contributed by atoms with van der Waals surface area (Å²) in [5, 5.41) is 4.93. The number of nitrogens with one attached hydrogen (secondary N) is 3. The highest BCUT2D eigenvalue weighted by Crippen LogP contribution is 2.08. The second-order valence-corrected chi connectivity index (χ2v) is 5.19. The van der Waals surface area contributed by atoms with Crippen molar-refractivity contribution in [3.05, 3.63) is 30.1 Å². The van der Waals surface area contributed by atoms with Gasteiger partial charge in [-0.25, -0.2) is 4.39 Å². The fraction of sp³-hybridized carbons (Fsp3) is 0.467. The number of benzene rings is 1. The highest BCUT2D eigenvalue weighted by Gasteiger charge is 2.15. The minimum absolute atomic E-state index is 0.262. The minimum Gasteiger partial charge on any atom is -0.370 e. The maximum atomic E-state index is 13.0. The first-order chi connectivity index (χ1) is 10.6. The summed E-state index contributed by atoms with van der Waals surface area (Å²) in [5.41, 5.74) is 0.262. The third-order valence-corrected chi connectivity index (χ3v) is 3.48. The Labute approximate surface area is 128 Å². The lowest BCUT2D eigenvalue weighted by Gasteiger charge is -2.23. The van der Waals surface area contributed by atoms with Crippen molar-refractivity contribution < 1.29 is 23.6 Å². The van der Waals surface area contributed by atoms with Crippen LogP contribution < -0.4 is 15.5 Å². The van der Waals surface area contributed by atoms with E-state index in [0.717, 1.165) is 45.3 Å². The summed E-state index contributed by atoms with van der Waals surface area (Å²) in [6.45, 7) is 4.90. The predicted octanol–water partition coefficient (Wildman–Crippen LogP) is -0.814. The molecule has 0 aromatic heterocycles. The molecule has 1 aromatic rings. The third-order valence-electron chi connectivity index (χ3n) is 3.48. The van der Waals surface area contributed by atoms with Crippen LogP contribution in [0.3, 0.4) is 0 Å². The second kappa shape index (κ2) is 8.45. The van der Waals surface area contributed by atoms with Gasteiger partial charge in [-0.1, -0.05) is 6.07 Å². The fourth-order valence-electron chi connectivity index (χ4n) is 2.28. The summed E-state index contributed by atoms with van der Waals surface area (Å²) in [4.78, 5) is 24.7. The summed E-state index contributed by atoms with van der Waals surface area (Å²) in [5.74, 6) is -1.96. The van der Waals surface area contributed by atoms with Gasteiger partial charge in [0, 0.05) is 18.7 Å². The number of carbonyl (C=O) groups excluding carboxylic acids is 2. The molecule has 1 aromatic carbocycles. The third kappa shape index (κ3) is 5.42. The molecule has 2 amide bonds. The Morgan fingerprint density at radius 3 is 2.73 bits per heavy atom. The highest BCUT2D eigenvalue weighted by molar-refractivity contribution is 6.39. The molecule has 0 aliphatic carbocycles. The summed E-state index contributed by atoms with van der Waals surface area (Å²) in [6, 6.07) is 5.42. The maximum Gasteiger partial charge on any atom is 0.313 e. The van der Waals surface area contributed by atoms with Crippen LogP contribution in [0.1, 0.15) is 6.42 Å². The first-order valence-corrected chi connectivity index (χ1v) is 7.41.